The molecule has 3 unspecified atom stereocenters. The molecule has 0 saturated carbocycles. The molecular weight excluding hydrogens is 220 g/mol. The van der Waals surface area contributed by atoms with Crippen molar-refractivity contribution in [3.8, 4) is 0 Å². The van der Waals surface area contributed by atoms with Crippen LogP contribution in [0.25, 0.3) is 0 Å². The first kappa shape index (κ1) is 14.0. The Morgan fingerprint density at radius 3 is 2.41 bits per heavy atom. The molecule has 2 amide bonds. The van der Waals surface area contributed by atoms with Crippen LogP contribution >= 0.6 is 0 Å². The van der Waals surface area contributed by atoms with Crippen molar-refractivity contribution < 1.29 is 14.3 Å². The smallest absolute Gasteiger partial charge is 0.245 e. The van der Waals surface area contributed by atoms with Crippen LogP contribution in [0.5, 0.6) is 0 Å². The molecule has 5 nitrogen and oxygen atoms in total. The number of amides is 2. The van der Waals surface area contributed by atoms with E-state index < -0.39 is 12.1 Å². The molecule has 1 aliphatic rings. The summed E-state index contributed by atoms with van der Waals surface area (Å²) in [4.78, 5) is 25.8. The molecule has 1 N–H and O–H groups in total. The van der Waals surface area contributed by atoms with Crippen LogP contribution in [0, 0.1) is 5.92 Å². The number of rotatable bonds is 4. The van der Waals surface area contributed by atoms with Gasteiger partial charge in [0.2, 0.25) is 11.8 Å². The molecule has 1 fully saturated rings. The van der Waals surface area contributed by atoms with E-state index in [-0.39, 0.29) is 23.8 Å². The van der Waals surface area contributed by atoms with Crippen LogP contribution in [0.3, 0.4) is 0 Å². The SMILES string of the molecule is COCC(C)N1C(=O)C(C)NC(=O)C1C(C)C. The summed E-state index contributed by atoms with van der Waals surface area (Å²) in [6.07, 6.45) is 0. The second-order valence-electron chi connectivity index (χ2n) is 4.97. The fourth-order valence-corrected chi connectivity index (χ4v) is 2.28. The third-order valence-electron chi connectivity index (χ3n) is 3.07. The number of carbonyl (C=O) groups excluding carboxylic acids is 2. The zero-order valence-corrected chi connectivity index (χ0v) is 11.2. The number of methoxy groups -OCH3 is 1. The van der Waals surface area contributed by atoms with Crippen molar-refractivity contribution in [3.63, 3.8) is 0 Å². The van der Waals surface area contributed by atoms with Gasteiger partial charge < -0.3 is 15.0 Å². The van der Waals surface area contributed by atoms with E-state index >= 15 is 0 Å². The lowest BCUT2D eigenvalue weighted by Gasteiger charge is -2.43. The van der Waals surface area contributed by atoms with Crippen LogP contribution in [0.4, 0.5) is 0 Å². The van der Waals surface area contributed by atoms with Gasteiger partial charge in [-0.3, -0.25) is 9.59 Å². The van der Waals surface area contributed by atoms with E-state index in [1.165, 1.54) is 0 Å². The molecule has 5 heteroatoms. The Morgan fingerprint density at radius 1 is 1.35 bits per heavy atom. The molecule has 1 heterocycles. The first-order valence-corrected chi connectivity index (χ1v) is 6.01. The molecular formula is C12H22N2O3. The second kappa shape index (κ2) is 5.49. The standard InChI is InChI=1S/C12H22N2O3/c1-7(2)10-11(15)13-9(4)12(16)14(10)8(3)6-17-5/h7-10H,6H2,1-5H3,(H,13,15). The Hall–Kier alpha value is -1.10. The molecule has 0 aromatic rings. The first-order valence-electron chi connectivity index (χ1n) is 6.01. The van der Waals surface area contributed by atoms with Crippen LogP contribution in [0.2, 0.25) is 0 Å². The van der Waals surface area contributed by atoms with Gasteiger partial charge >= 0.3 is 0 Å². The van der Waals surface area contributed by atoms with Gasteiger partial charge in [0.05, 0.1) is 12.6 Å². The number of nitrogens with zero attached hydrogens (tertiary/aromatic N) is 1. The lowest BCUT2D eigenvalue weighted by Crippen LogP contribution is -2.66. The monoisotopic (exact) mass is 242 g/mol. The minimum Gasteiger partial charge on any atom is -0.383 e. The minimum atomic E-state index is -0.447. The summed E-state index contributed by atoms with van der Waals surface area (Å²) in [5.41, 5.74) is 0. The topological polar surface area (TPSA) is 58.6 Å². The van der Waals surface area contributed by atoms with Gasteiger partial charge in [-0.2, -0.15) is 0 Å². The van der Waals surface area contributed by atoms with E-state index in [4.69, 9.17) is 4.74 Å². The van der Waals surface area contributed by atoms with Gasteiger partial charge in [0, 0.05) is 7.11 Å². The zero-order chi connectivity index (χ0) is 13.2. The highest BCUT2D eigenvalue weighted by molar-refractivity contribution is 5.97. The lowest BCUT2D eigenvalue weighted by atomic mass is 9.96. The number of ether oxygens (including phenoxy) is 1. The maximum absolute atomic E-state index is 12.2. The fraction of sp³-hybridized carbons (Fsp3) is 0.833. The van der Waals surface area contributed by atoms with Gasteiger partial charge in [-0.25, -0.2) is 0 Å². The van der Waals surface area contributed by atoms with Crippen molar-refractivity contribution in [3.05, 3.63) is 0 Å². The minimum absolute atomic E-state index is 0.0344. The quantitative estimate of drug-likeness (QED) is 0.776. The largest absolute Gasteiger partial charge is 0.383 e. The van der Waals surface area contributed by atoms with Gasteiger partial charge in [0.25, 0.3) is 0 Å². The molecule has 0 aliphatic carbocycles. The van der Waals surface area contributed by atoms with E-state index in [2.05, 4.69) is 5.32 Å². The van der Waals surface area contributed by atoms with Crippen LogP contribution in [-0.4, -0.2) is 48.6 Å². The predicted octanol–water partition coefficient (Wildman–Crippen LogP) is 0.393. The summed E-state index contributed by atoms with van der Waals surface area (Å²) in [6.45, 7) is 7.94. The summed E-state index contributed by atoms with van der Waals surface area (Å²) in [5, 5.41) is 2.72. The van der Waals surface area contributed by atoms with Crippen molar-refractivity contribution in [1.82, 2.24) is 10.2 Å². The molecule has 0 radical (unpaired) electrons. The maximum atomic E-state index is 12.2. The molecule has 1 saturated heterocycles. The molecule has 1 rings (SSSR count). The van der Waals surface area contributed by atoms with Crippen LogP contribution in [0.1, 0.15) is 27.7 Å². The number of carbonyl (C=O) groups is 2. The highest BCUT2D eigenvalue weighted by Crippen LogP contribution is 2.20. The fourth-order valence-electron chi connectivity index (χ4n) is 2.28. The van der Waals surface area contributed by atoms with E-state index in [0.29, 0.717) is 6.61 Å². The van der Waals surface area contributed by atoms with Crippen LogP contribution < -0.4 is 5.32 Å². The van der Waals surface area contributed by atoms with Gasteiger partial charge in [-0.1, -0.05) is 13.8 Å². The Balaban J connectivity index is 2.98. The van der Waals surface area contributed by atoms with Crippen LogP contribution in [-0.2, 0) is 14.3 Å². The maximum Gasteiger partial charge on any atom is 0.245 e. The molecule has 3 atom stereocenters. The number of hydrogen-bond donors (Lipinski definition) is 1. The normalized spacial score (nSPS) is 27.3. The zero-order valence-electron chi connectivity index (χ0n) is 11.2. The van der Waals surface area contributed by atoms with E-state index in [1.807, 2.05) is 20.8 Å². The molecule has 98 valence electrons. The van der Waals surface area contributed by atoms with Gasteiger partial charge in [-0.15, -0.1) is 0 Å². The molecule has 17 heavy (non-hydrogen) atoms. The lowest BCUT2D eigenvalue weighted by molar-refractivity contribution is -0.154. The predicted molar refractivity (Wildman–Crippen MR) is 64.4 cm³/mol. The summed E-state index contributed by atoms with van der Waals surface area (Å²) in [7, 11) is 1.60. The first-order chi connectivity index (χ1) is 7.90. The Morgan fingerprint density at radius 2 is 1.94 bits per heavy atom. The third-order valence-corrected chi connectivity index (χ3v) is 3.07. The van der Waals surface area contributed by atoms with Crippen molar-refractivity contribution in [2.45, 2.75) is 45.8 Å². The average Bonchev–Trinajstić information content (AvgIpc) is 2.22. The molecule has 0 aromatic carbocycles. The number of nitrogens with one attached hydrogen (secondary N) is 1. The number of piperazine rings is 1. The van der Waals surface area contributed by atoms with Gasteiger partial charge in [0.1, 0.15) is 12.1 Å². The molecule has 0 aromatic heterocycles. The molecule has 0 bridgehead atoms. The highest BCUT2D eigenvalue weighted by Gasteiger charge is 2.42. The summed E-state index contributed by atoms with van der Waals surface area (Å²) in [6, 6.07) is -0.936. The highest BCUT2D eigenvalue weighted by atomic mass is 16.5. The average molecular weight is 242 g/mol. The van der Waals surface area contributed by atoms with Crippen molar-refractivity contribution in [1.29, 1.82) is 0 Å². The van der Waals surface area contributed by atoms with Gasteiger partial charge in [0.15, 0.2) is 0 Å². The molecule has 1 aliphatic heterocycles. The summed E-state index contributed by atoms with van der Waals surface area (Å²) in [5.74, 6) is -0.0198. The van der Waals surface area contributed by atoms with Crippen molar-refractivity contribution in [2.75, 3.05) is 13.7 Å². The summed E-state index contributed by atoms with van der Waals surface area (Å²) >= 11 is 0. The second-order valence-corrected chi connectivity index (χ2v) is 4.97. The summed E-state index contributed by atoms with van der Waals surface area (Å²) < 4.78 is 5.08. The third kappa shape index (κ3) is 2.77. The van der Waals surface area contributed by atoms with Crippen molar-refractivity contribution in [2.24, 2.45) is 5.92 Å². The van der Waals surface area contributed by atoms with E-state index in [1.54, 1.807) is 18.9 Å². The van der Waals surface area contributed by atoms with E-state index in [0.717, 1.165) is 0 Å². The number of hydrogen-bond acceptors (Lipinski definition) is 3. The Labute approximate surface area is 102 Å². The van der Waals surface area contributed by atoms with Crippen LogP contribution in [0.15, 0.2) is 0 Å². The Kier molecular flexibility index (Phi) is 4.51. The van der Waals surface area contributed by atoms with Gasteiger partial charge in [-0.05, 0) is 19.8 Å². The molecule has 0 spiro atoms. The van der Waals surface area contributed by atoms with E-state index in [9.17, 15) is 9.59 Å². The van der Waals surface area contributed by atoms with Crippen molar-refractivity contribution >= 4 is 11.8 Å². The Bertz CT molecular complexity index is 304.